The van der Waals surface area contributed by atoms with Gasteiger partial charge in [0.25, 0.3) is 0 Å². The summed E-state index contributed by atoms with van der Waals surface area (Å²) in [5.41, 5.74) is 0.480. The van der Waals surface area contributed by atoms with E-state index in [-0.39, 0.29) is 5.78 Å². The summed E-state index contributed by atoms with van der Waals surface area (Å²) < 4.78 is 0. The van der Waals surface area contributed by atoms with E-state index in [2.05, 4.69) is 0 Å². The van der Waals surface area contributed by atoms with Gasteiger partial charge in [0.1, 0.15) is 0 Å². The third kappa shape index (κ3) is 5.03. The van der Waals surface area contributed by atoms with E-state index >= 15 is 0 Å². The molecule has 0 aromatic carbocycles. The smallest absolute Gasteiger partial charge is 0.234 e. The van der Waals surface area contributed by atoms with Crippen molar-refractivity contribution in [2.24, 2.45) is 0 Å². The molecule has 0 fully saturated rings. The van der Waals surface area contributed by atoms with Crippen molar-refractivity contribution in [3.05, 3.63) is 46.2 Å². The van der Waals surface area contributed by atoms with Crippen LogP contribution >= 0.6 is 0 Å². The van der Waals surface area contributed by atoms with Crippen LogP contribution in [0.1, 0.15) is 20.3 Å². The second kappa shape index (κ2) is 6.77. The van der Waals surface area contributed by atoms with Crippen LogP contribution < -0.4 is 0 Å². The molecule has 14 heavy (non-hydrogen) atoms. The Balaban J connectivity index is 4.65. The molecule has 0 aliphatic heterocycles. The van der Waals surface area contributed by atoms with Crippen molar-refractivity contribution >= 4 is 5.78 Å². The van der Waals surface area contributed by atoms with Crippen molar-refractivity contribution < 1.29 is 9.72 Å². The predicted molar refractivity (Wildman–Crippen MR) is 54.3 cm³/mol. The van der Waals surface area contributed by atoms with Gasteiger partial charge in [-0.05, 0) is 13.0 Å². The first-order valence-electron chi connectivity index (χ1n) is 4.29. The molecule has 0 saturated heterocycles. The quantitative estimate of drug-likeness (QED) is 0.292. The van der Waals surface area contributed by atoms with Crippen molar-refractivity contribution in [3.63, 3.8) is 0 Å². The van der Waals surface area contributed by atoms with Gasteiger partial charge in [0.2, 0.25) is 6.20 Å². The second-order valence-corrected chi connectivity index (χ2v) is 2.53. The van der Waals surface area contributed by atoms with E-state index in [1.54, 1.807) is 26.0 Å². The maximum atomic E-state index is 11.3. The molecule has 4 nitrogen and oxygen atoms in total. The van der Waals surface area contributed by atoms with Gasteiger partial charge in [0.15, 0.2) is 5.78 Å². The number of carbonyl (C=O) groups is 1. The number of ketones is 1. The van der Waals surface area contributed by atoms with Crippen molar-refractivity contribution in [1.82, 2.24) is 0 Å². The van der Waals surface area contributed by atoms with Crippen LogP contribution in [0.15, 0.2) is 36.1 Å². The monoisotopic (exact) mass is 195 g/mol. The lowest BCUT2D eigenvalue weighted by atomic mass is 10.1. The highest BCUT2D eigenvalue weighted by molar-refractivity contribution is 5.97. The molecule has 0 saturated carbocycles. The van der Waals surface area contributed by atoms with Crippen LogP contribution in [0.25, 0.3) is 0 Å². The van der Waals surface area contributed by atoms with Crippen molar-refractivity contribution in [2.75, 3.05) is 0 Å². The van der Waals surface area contributed by atoms with Crippen LogP contribution in [-0.4, -0.2) is 10.7 Å². The highest BCUT2D eigenvalue weighted by atomic mass is 16.6. The highest BCUT2D eigenvalue weighted by Gasteiger charge is 2.01. The molecular formula is C10H13NO3. The Hall–Kier alpha value is -1.71. The van der Waals surface area contributed by atoms with E-state index in [0.29, 0.717) is 12.0 Å². The summed E-state index contributed by atoms with van der Waals surface area (Å²) in [7, 11) is 0. The average Bonchev–Trinajstić information content (AvgIpc) is 2.15. The molecule has 0 aliphatic rings. The zero-order valence-corrected chi connectivity index (χ0v) is 8.27. The molecule has 0 atom stereocenters. The molecule has 0 amide bonds. The molecule has 76 valence electrons. The molecule has 0 aromatic rings. The van der Waals surface area contributed by atoms with Crippen LogP contribution in [0.2, 0.25) is 0 Å². The van der Waals surface area contributed by atoms with Gasteiger partial charge in [-0.1, -0.05) is 19.1 Å². The number of Topliss-reactive ketones (excluding diaryl/α,β-unsaturated/α-hetero) is 1. The summed E-state index contributed by atoms with van der Waals surface area (Å²) in [5.74, 6) is -0.0314. The molecule has 4 heteroatoms. The Morgan fingerprint density at radius 2 is 2.14 bits per heavy atom. The van der Waals surface area contributed by atoms with Gasteiger partial charge >= 0.3 is 0 Å². The Morgan fingerprint density at radius 1 is 1.50 bits per heavy atom. The van der Waals surface area contributed by atoms with Crippen LogP contribution in [0.4, 0.5) is 0 Å². The van der Waals surface area contributed by atoms with Crippen LogP contribution in [-0.2, 0) is 4.79 Å². The first kappa shape index (κ1) is 12.3. The Morgan fingerprint density at radius 3 is 2.57 bits per heavy atom. The lowest BCUT2D eigenvalue weighted by molar-refractivity contribution is -0.402. The minimum Gasteiger partial charge on any atom is -0.294 e. The summed E-state index contributed by atoms with van der Waals surface area (Å²) >= 11 is 0. The minimum atomic E-state index is -0.569. The number of carbonyl (C=O) groups excluding carboxylic acids is 1. The van der Waals surface area contributed by atoms with Gasteiger partial charge in [0, 0.05) is 18.1 Å². The zero-order valence-electron chi connectivity index (χ0n) is 8.27. The molecule has 0 N–H and O–H groups in total. The number of rotatable bonds is 5. The Kier molecular flexibility index (Phi) is 5.94. The van der Waals surface area contributed by atoms with Gasteiger partial charge in [-0.15, -0.1) is 0 Å². The van der Waals surface area contributed by atoms with Gasteiger partial charge in [0.05, 0.1) is 4.92 Å². The largest absolute Gasteiger partial charge is 0.294 e. The van der Waals surface area contributed by atoms with E-state index in [1.165, 1.54) is 12.2 Å². The van der Waals surface area contributed by atoms with E-state index in [9.17, 15) is 14.9 Å². The first-order chi connectivity index (χ1) is 6.61. The fourth-order valence-corrected chi connectivity index (χ4v) is 0.842. The van der Waals surface area contributed by atoms with Crippen molar-refractivity contribution in [2.45, 2.75) is 20.3 Å². The summed E-state index contributed by atoms with van der Waals surface area (Å²) in [4.78, 5) is 20.6. The van der Waals surface area contributed by atoms with Crippen LogP contribution in [0, 0.1) is 10.1 Å². The van der Waals surface area contributed by atoms with E-state index < -0.39 is 4.92 Å². The molecular weight excluding hydrogens is 182 g/mol. The van der Waals surface area contributed by atoms with Gasteiger partial charge in [-0.25, -0.2) is 0 Å². The predicted octanol–water partition coefficient (Wildman–Crippen LogP) is 2.26. The van der Waals surface area contributed by atoms with Crippen LogP contribution in [0.5, 0.6) is 0 Å². The van der Waals surface area contributed by atoms with E-state index in [0.717, 1.165) is 6.20 Å². The lowest BCUT2D eigenvalue weighted by Gasteiger charge is -1.94. The van der Waals surface area contributed by atoms with Crippen molar-refractivity contribution in [3.8, 4) is 0 Å². The van der Waals surface area contributed by atoms with Crippen LogP contribution in [0.3, 0.4) is 0 Å². The summed E-state index contributed by atoms with van der Waals surface area (Å²) in [6.07, 6.45) is 7.24. The normalized spacial score (nSPS) is 12.6. The number of hydrogen-bond acceptors (Lipinski definition) is 3. The van der Waals surface area contributed by atoms with Gasteiger partial charge < -0.3 is 0 Å². The molecule has 0 unspecified atom stereocenters. The summed E-state index contributed by atoms with van der Waals surface area (Å²) in [5, 5.41) is 9.96. The molecule has 0 rings (SSSR count). The third-order valence-electron chi connectivity index (χ3n) is 1.47. The average molecular weight is 195 g/mol. The fraction of sp³-hybridized carbons (Fsp3) is 0.300. The molecule has 0 aromatic heterocycles. The van der Waals surface area contributed by atoms with E-state index in [4.69, 9.17) is 0 Å². The van der Waals surface area contributed by atoms with Gasteiger partial charge in [-0.2, -0.15) is 0 Å². The fourth-order valence-electron chi connectivity index (χ4n) is 0.842. The van der Waals surface area contributed by atoms with Crippen molar-refractivity contribution in [1.29, 1.82) is 0 Å². The molecule has 0 aliphatic carbocycles. The third-order valence-corrected chi connectivity index (χ3v) is 1.47. The maximum absolute atomic E-state index is 11.3. The van der Waals surface area contributed by atoms with E-state index in [1.807, 2.05) is 0 Å². The highest BCUT2D eigenvalue weighted by Crippen LogP contribution is 2.02. The summed E-state index contributed by atoms with van der Waals surface area (Å²) in [6, 6.07) is 0. The SMILES string of the molecule is C\C=C/C(=C\C=C\[N+](=O)[O-])C(=O)CC. The first-order valence-corrected chi connectivity index (χ1v) is 4.29. The number of nitro groups is 1. The minimum absolute atomic E-state index is 0.0314. The number of hydrogen-bond donors (Lipinski definition) is 0. The number of allylic oxidation sites excluding steroid dienone is 5. The van der Waals surface area contributed by atoms with Gasteiger partial charge in [-0.3, -0.25) is 14.9 Å². The maximum Gasteiger partial charge on any atom is 0.234 e. The topological polar surface area (TPSA) is 60.2 Å². The molecule has 0 radical (unpaired) electrons. The Labute approximate surface area is 82.8 Å². The molecule has 0 heterocycles. The number of nitrogens with zero attached hydrogens (tertiary/aromatic N) is 1. The zero-order chi connectivity index (χ0) is 11.0. The Bertz CT molecular complexity index is 300. The standard InChI is InChI=1S/C10H13NO3/c1-3-6-9(10(12)4-2)7-5-8-11(13)14/h3,5-8H,4H2,1-2H3/b6-3-,8-5+,9-7+. The summed E-state index contributed by atoms with van der Waals surface area (Å²) in [6.45, 7) is 3.53. The lowest BCUT2D eigenvalue weighted by Crippen LogP contribution is -1.97. The molecule has 0 spiro atoms. The second-order valence-electron chi connectivity index (χ2n) is 2.53. The molecule has 0 bridgehead atoms.